The summed E-state index contributed by atoms with van der Waals surface area (Å²) in [6, 6.07) is 0.748. The van der Waals surface area contributed by atoms with Crippen LogP contribution < -0.4 is 5.32 Å². The first-order valence-electron chi connectivity index (χ1n) is 7.25. The van der Waals surface area contributed by atoms with E-state index in [4.69, 9.17) is 4.74 Å². The molecule has 2 aliphatic rings. The molecule has 2 rings (SSSR count). The third-order valence-electron chi connectivity index (χ3n) is 3.66. The average molecular weight is 270 g/mol. The lowest BCUT2D eigenvalue weighted by Crippen LogP contribution is -2.55. The quantitative estimate of drug-likeness (QED) is 0.798. The van der Waals surface area contributed by atoms with Gasteiger partial charge in [0.2, 0.25) is 0 Å². The molecule has 2 fully saturated rings. The molecule has 0 aromatic carbocycles. The standard InChI is InChI=1S/C14H26N2O3/c1-14(2,3)19-13(18)16-6-4-5-10(9-16)15-11-7-12(17)8-11/h10-12,15,17H,4-9H2,1-3H3. The first kappa shape index (κ1) is 14.6. The number of hydrogen-bond acceptors (Lipinski definition) is 4. The van der Waals surface area contributed by atoms with Gasteiger partial charge in [0.1, 0.15) is 5.60 Å². The van der Waals surface area contributed by atoms with Crippen molar-refractivity contribution in [3.8, 4) is 0 Å². The molecule has 0 aromatic rings. The Morgan fingerprint density at radius 1 is 1.32 bits per heavy atom. The molecule has 0 bridgehead atoms. The van der Waals surface area contributed by atoms with Crippen molar-refractivity contribution in [2.75, 3.05) is 13.1 Å². The number of nitrogens with zero attached hydrogens (tertiary/aromatic N) is 1. The van der Waals surface area contributed by atoms with Gasteiger partial charge in [0.05, 0.1) is 6.10 Å². The molecule has 1 saturated heterocycles. The van der Waals surface area contributed by atoms with Crippen LogP contribution in [0.2, 0.25) is 0 Å². The number of carbonyl (C=O) groups excluding carboxylic acids is 1. The zero-order chi connectivity index (χ0) is 14.0. The van der Waals surface area contributed by atoms with E-state index in [1.165, 1.54) is 0 Å². The van der Waals surface area contributed by atoms with Crippen LogP contribution in [0.25, 0.3) is 0 Å². The summed E-state index contributed by atoms with van der Waals surface area (Å²) in [5, 5.41) is 12.8. The van der Waals surface area contributed by atoms with Gasteiger partial charge in [-0.05, 0) is 46.5 Å². The molecule has 0 aromatic heterocycles. The van der Waals surface area contributed by atoms with Crippen molar-refractivity contribution in [2.45, 2.75) is 70.2 Å². The lowest BCUT2D eigenvalue weighted by atomic mass is 9.88. The van der Waals surface area contributed by atoms with Gasteiger partial charge in [-0.3, -0.25) is 0 Å². The molecule has 1 heterocycles. The predicted molar refractivity (Wildman–Crippen MR) is 73.0 cm³/mol. The van der Waals surface area contributed by atoms with E-state index in [0.717, 1.165) is 32.2 Å². The summed E-state index contributed by atoms with van der Waals surface area (Å²) in [5.41, 5.74) is -0.435. The second-order valence-corrected chi connectivity index (χ2v) is 6.75. The van der Waals surface area contributed by atoms with E-state index in [1.54, 1.807) is 4.90 Å². The highest BCUT2D eigenvalue weighted by molar-refractivity contribution is 5.68. The SMILES string of the molecule is CC(C)(C)OC(=O)N1CCCC(NC2CC(O)C2)C1. The number of ether oxygens (including phenoxy) is 1. The van der Waals surface area contributed by atoms with Crippen LogP contribution >= 0.6 is 0 Å². The number of aliphatic hydroxyl groups is 1. The molecule has 5 heteroatoms. The van der Waals surface area contributed by atoms with Gasteiger partial charge in [-0.25, -0.2) is 4.79 Å². The molecular formula is C14H26N2O3. The Morgan fingerprint density at radius 2 is 2.00 bits per heavy atom. The van der Waals surface area contributed by atoms with Crippen molar-refractivity contribution in [1.82, 2.24) is 10.2 Å². The van der Waals surface area contributed by atoms with Gasteiger partial charge in [0, 0.05) is 25.2 Å². The summed E-state index contributed by atoms with van der Waals surface area (Å²) in [4.78, 5) is 13.8. The van der Waals surface area contributed by atoms with Gasteiger partial charge in [-0.2, -0.15) is 0 Å². The van der Waals surface area contributed by atoms with Crippen molar-refractivity contribution >= 4 is 6.09 Å². The molecule has 5 nitrogen and oxygen atoms in total. The molecule has 110 valence electrons. The summed E-state index contributed by atoms with van der Waals surface area (Å²) in [7, 11) is 0. The maximum absolute atomic E-state index is 12.0. The highest BCUT2D eigenvalue weighted by Crippen LogP contribution is 2.22. The van der Waals surface area contributed by atoms with Crippen molar-refractivity contribution < 1.29 is 14.6 Å². The Morgan fingerprint density at radius 3 is 2.58 bits per heavy atom. The molecule has 1 saturated carbocycles. The zero-order valence-corrected chi connectivity index (χ0v) is 12.2. The molecule has 1 aliphatic carbocycles. The summed E-state index contributed by atoms with van der Waals surface area (Å²) in [5.74, 6) is 0. The summed E-state index contributed by atoms with van der Waals surface area (Å²) < 4.78 is 5.41. The maximum Gasteiger partial charge on any atom is 0.410 e. The minimum absolute atomic E-state index is 0.136. The Labute approximate surface area is 115 Å². The van der Waals surface area contributed by atoms with Crippen LogP contribution in [0.1, 0.15) is 46.5 Å². The Kier molecular flexibility index (Phi) is 4.36. The maximum atomic E-state index is 12.0. The fourth-order valence-corrected chi connectivity index (χ4v) is 2.66. The first-order chi connectivity index (χ1) is 8.83. The van der Waals surface area contributed by atoms with Gasteiger partial charge in [-0.1, -0.05) is 0 Å². The van der Waals surface area contributed by atoms with Gasteiger partial charge < -0.3 is 20.1 Å². The molecule has 0 radical (unpaired) electrons. The Balaban J connectivity index is 1.78. The number of nitrogens with one attached hydrogen (secondary N) is 1. The zero-order valence-electron chi connectivity index (χ0n) is 12.2. The van der Waals surface area contributed by atoms with Gasteiger partial charge >= 0.3 is 6.09 Å². The normalized spacial score (nSPS) is 31.8. The number of aliphatic hydroxyl groups excluding tert-OH is 1. The van der Waals surface area contributed by atoms with Crippen LogP contribution in [0.15, 0.2) is 0 Å². The van der Waals surface area contributed by atoms with Crippen LogP contribution in [0.4, 0.5) is 4.79 Å². The van der Waals surface area contributed by atoms with E-state index >= 15 is 0 Å². The highest BCUT2D eigenvalue weighted by atomic mass is 16.6. The largest absolute Gasteiger partial charge is 0.444 e. The second kappa shape index (κ2) is 5.67. The number of hydrogen-bond donors (Lipinski definition) is 2. The lowest BCUT2D eigenvalue weighted by Gasteiger charge is -2.39. The van der Waals surface area contributed by atoms with Crippen molar-refractivity contribution in [3.63, 3.8) is 0 Å². The van der Waals surface area contributed by atoms with Crippen LogP contribution in [0.3, 0.4) is 0 Å². The summed E-state index contributed by atoms with van der Waals surface area (Å²) in [6.07, 6.45) is 3.42. The number of rotatable bonds is 2. The summed E-state index contributed by atoms with van der Waals surface area (Å²) >= 11 is 0. The smallest absolute Gasteiger partial charge is 0.410 e. The second-order valence-electron chi connectivity index (χ2n) is 6.75. The predicted octanol–water partition coefficient (Wildman–Crippen LogP) is 1.50. The van der Waals surface area contributed by atoms with Crippen LogP contribution in [-0.4, -0.2) is 53.0 Å². The van der Waals surface area contributed by atoms with Crippen LogP contribution in [0.5, 0.6) is 0 Å². The Hall–Kier alpha value is -0.810. The molecule has 19 heavy (non-hydrogen) atoms. The van der Waals surface area contributed by atoms with E-state index in [1.807, 2.05) is 20.8 Å². The lowest BCUT2D eigenvalue weighted by molar-refractivity contribution is 0.0142. The topological polar surface area (TPSA) is 61.8 Å². The van der Waals surface area contributed by atoms with Crippen molar-refractivity contribution in [2.24, 2.45) is 0 Å². The number of amides is 1. The van der Waals surface area contributed by atoms with Crippen molar-refractivity contribution in [1.29, 1.82) is 0 Å². The number of piperidine rings is 1. The van der Waals surface area contributed by atoms with Crippen LogP contribution in [0, 0.1) is 0 Å². The minimum Gasteiger partial charge on any atom is -0.444 e. The van der Waals surface area contributed by atoms with Gasteiger partial charge in [0.15, 0.2) is 0 Å². The third kappa shape index (κ3) is 4.35. The third-order valence-corrected chi connectivity index (χ3v) is 3.66. The van der Waals surface area contributed by atoms with Crippen molar-refractivity contribution in [3.05, 3.63) is 0 Å². The molecule has 2 N–H and O–H groups in total. The van der Waals surface area contributed by atoms with Crippen LogP contribution in [-0.2, 0) is 4.74 Å². The number of carbonyl (C=O) groups is 1. The monoisotopic (exact) mass is 270 g/mol. The number of likely N-dealkylation sites (tertiary alicyclic amines) is 1. The Bertz CT molecular complexity index is 321. The fraction of sp³-hybridized carbons (Fsp3) is 0.929. The van der Waals surface area contributed by atoms with E-state index in [9.17, 15) is 9.90 Å². The minimum atomic E-state index is -0.435. The molecule has 1 amide bonds. The summed E-state index contributed by atoms with van der Waals surface area (Å²) in [6.45, 7) is 7.16. The molecular weight excluding hydrogens is 244 g/mol. The first-order valence-corrected chi connectivity index (χ1v) is 7.25. The molecule has 1 aliphatic heterocycles. The molecule has 0 spiro atoms. The van der Waals surface area contributed by atoms with Gasteiger partial charge in [0.25, 0.3) is 0 Å². The molecule has 1 atom stereocenters. The van der Waals surface area contributed by atoms with E-state index < -0.39 is 5.60 Å². The van der Waals surface area contributed by atoms with Gasteiger partial charge in [-0.15, -0.1) is 0 Å². The average Bonchev–Trinajstić information content (AvgIpc) is 2.25. The highest BCUT2D eigenvalue weighted by Gasteiger charge is 2.32. The fourth-order valence-electron chi connectivity index (χ4n) is 2.66. The molecule has 1 unspecified atom stereocenters. The van der Waals surface area contributed by atoms with E-state index in [2.05, 4.69) is 5.32 Å². The van der Waals surface area contributed by atoms with E-state index in [0.29, 0.717) is 18.6 Å². The van der Waals surface area contributed by atoms with E-state index in [-0.39, 0.29) is 12.2 Å².